The third kappa shape index (κ3) is 4.30. The smallest absolute Gasteiger partial charge is 0.276 e. The first kappa shape index (κ1) is 13.4. The van der Waals surface area contributed by atoms with Crippen LogP contribution in [0.3, 0.4) is 0 Å². The van der Waals surface area contributed by atoms with E-state index in [1.54, 1.807) is 19.1 Å². The van der Waals surface area contributed by atoms with Crippen molar-refractivity contribution in [2.45, 2.75) is 18.6 Å². The quantitative estimate of drug-likeness (QED) is 0.596. The molecule has 6 heteroatoms. The molecule has 0 bridgehead atoms. The average Bonchev–Trinajstić information content (AvgIpc) is 2.84. The molecule has 1 aromatic heterocycles. The Bertz CT molecular complexity index is 577. The minimum Gasteiger partial charge on any atom is -0.494 e. The summed E-state index contributed by atoms with van der Waals surface area (Å²) in [6, 6.07) is 9.21. The highest BCUT2D eigenvalue weighted by atomic mass is 32.2. The van der Waals surface area contributed by atoms with E-state index in [0.29, 0.717) is 23.3 Å². The van der Waals surface area contributed by atoms with Crippen molar-refractivity contribution in [3.05, 3.63) is 35.7 Å². The number of benzene rings is 1. The fourth-order valence-corrected chi connectivity index (χ4v) is 2.12. The molecule has 2 aromatic rings. The molecule has 1 aromatic carbocycles. The molecule has 5 nitrogen and oxygen atoms in total. The number of ether oxygens (including phenoxy) is 1. The highest BCUT2D eigenvalue weighted by Crippen LogP contribution is 2.17. The number of nitriles is 1. The van der Waals surface area contributed by atoms with Gasteiger partial charge in [0.25, 0.3) is 5.22 Å². The van der Waals surface area contributed by atoms with Crippen molar-refractivity contribution in [1.29, 1.82) is 5.26 Å². The van der Waals surface area contributed by atoms with Crippen molar-refractivity contribution in [3.8, 4) is 11.8 Å². The number of nitrogens with zero attached hydrogens (tertiary/aromatic N) is 3. The van der Waals surface area contributed by atoms with Crippen molar-refractivity contribution in [1.82, 2.24) is 10.2 Å². The maximum atomic E-state index is 8.77. The fraction of sp³-hybridized carbons (Fsp3) is 0.308. The van der Waals surface area contributed by atoms with Crippen molar-refractivity contribution in [2.24, 2.45) is 0 Å². The lowest BCUT2D eigenvalue weighted by Crippen LogP contribution is -1.98. The van der Waals surface area contributed by atoms with Crippen LogP contribution in [0.2, 0.25) is 0 Å². The molecular weight excluding hydrogens is 262 g/mol. The zero-order valence-corrected chi connectivity index (χ0v) is 11.3. The van der Waals surface area contributed by atoms with Crippen LogP contribution >= 0.6 is 11.8 Å². The molecule has 98 valence electrons. The van der Waals surface area contributed by atoms with E-state index >= 15 is 0 Å². The van der Waals surface area contributed by atoms with E-state index in [9.17, 15) is 0 Å². The molecule has 0 saturated carbocycles. The highest BCUT2D eigenvalue weighted by Gasteiger charge is 2.02. The van der Waals surface area contributed by atoms with Gasteiger partial charge in [-0.25, -0.2) is 0 Å². The van der Waals surface area contributed by atoms with Crippen molar-refractivity contribution in [3.63, 3.8) is 0 Å². The van der Waals surface area contributed by atoms with E-state index in [4.69, 9.17) is 14.4 Å². The Hall–Kier alpha value is -2.00. The third-order valence-electron chi connectivity index (χ3n) is 2.25. The number of thioether (sulfide) groups is 1. The number of rotatable bonds is 6. The molecule has 0 amide bonds. The van der Waals surface area contributed by atoms with Crippen LogP contribution in [0.15, 0.2) is 33.9 Å². The molecule has 0 unspecified atom stereocenters. The molecular formula is C13H13N3O2S. The fourth-order valence-electron chi connectivity index (χ4n) is 1.40. The van der Waals surface area contributed by atoms with Gasteiger partial charge in [-0.1, -0.05) is 17.8 Å². The summed E-state index contributed by atoms with van der Waals surface area (Å²) < 4.78 is 10.8. The van der Waals surface area contributed by atoms with E-state index < -0.39 is 0 Å². The van der Waals surface area contributed by atoms with Gasteiger partial charge < -0.3 is 9.15 Å². The monoisotopic (exact) mass is 275 g/mol. The Morgan fingerprint density at radius 2 is 2.32 bits per heavy atom. The molecule has 0 saturated heterocycles. The molecule has 1 heterocycles. The second-order valence-corrected chi connectivity index (χ2v) is 4.82. The van der Waals surface area contributed by atoms with Crippen LogP contribution in [0.25, 0.3) is 0 Å². The molecule has 0 radical (unpaired) electrons. The maximum Gasteiger partial charge on any atom is 0.276 e. The van der Waals surface area contributed by atoms with Crippen molar-refractivity contribution < 1.29 is 9.15 Å². The molecule has 19 heavy (non-hydrogen) atoms. The van der Waals surface area contributed by atoms with Crippen LogP contribution in [0.5, 0.6) is 5.75 Å². The zero-order valence-electron chi connectivity index (χ0n) is 10.5. The van der Waals surface area contributed by atoms with Gasteiger partial charge in [0.1, 0.15) is 5.75 Å². The SMILES string of the molecule is Cc1nnc(SCCCOc2cccc(C#N)c2)o1. The summed E-state index contributed by atoms with van der Waals surface area (Å²) in [5.74, 6) is 2.14. The Morgan fingerprint density at radius 3 is 3.05 bits per heavy atom. The second-order valence-electron chi connectivity index (χ2n) is 3.78. The predicted octanol–water partition coefficient (Wildman–Crippen LogP) is 2.81. The summed E-state index contributed by atoms with van der Waals surface area (Å²) in [6.07, 6.45) is 0.864. The number of hydrogen-bond acceptors (Lipinski definition) is 6. The van der Waals surface area contributed by atoms with Gasteiger partial charge in [-0.3, -0.25) is 0 Å². The first-order valence-electron chi connectivity index (χ1n) is 5.84. The van der Waals surface area contributed by atoms with Crippen LogP contribution in [0, 0.1) is 18.3 Å². The topological polar surface area (TPSA) is 71.9 Å². The largest absolute Gasteiger partial charge is 0.494 e. The van der Waals surface area contributed by atoms with Gasteiger partial charge in [-0.05, 0) is 24.6 Å². The van der Waals surface area contributed by atoms with Gasteiger partial charge in [0.05, 0.1) is 18.2 Å². The van der Waals surface area contributed by atoms with E-state index in [-0.39, 0.29) is 0 Å². The summed E-state index contributed by atoms with van der Waals surface area (Å²) in [5.41, 5.74) is 0.605. The summed E-state index contributed by atoms with van der Waals surface area (Å²) in [5, 5.41) is 17.0. The predicted molar refractivity (Wildman–Crippen MR) is 71.0 cm³/mol. The molecule has 0 N–H and O–H groups in total. The molecule has 2 rings (SSSR count). The normalized spacial score (nSPS) is 10.1. The molecule has 0 atom stereocenters. The molecule has 0 fully saturated rings. The Balaban J connectivity index is 1.68. The minimum atomic E-state index is 0.576. The van der Waals surface area contributed by atoms with Gasteiger partial charge in [0.15, 0.2) is 0 Å². The Labute approximate surface area is 115 Å². The molecule has 0 aliphatic rings. The average molecular weight is 275 g/mol. The summed E-state index contributed by atoms with van der Waals surface area (Å²) in [7, 11) is 0. The lowest BCUT2D eigenvalue weighted by Gasteiger charge is -2.05. The maximum absolute atomic E-state index is 8.77. The number of hydrogen-bond donors (Lipinski definition) is 0. The van der Waals surface area contributed by atoms with E-state index in [1.165, 1.54) is 11.8 Å². The highest BCUT2D eigenvalue weighted by molar-refractivity contribution is 7.99. The Morgan fingerprint density at radius 1 is 1.42 bits per heavy atom. The van der Waals surface area contributed by atoms with Gasteiger partial charge in [0, 0.05) is 12.7 Å². The van der Waals surface area contributed by atoms with E-state index in [0.717, 1.165) is 17.9 Å². The summed E-state index contributed by atoms with van der Waals surface area (Å²) >= 11 is 1.51. The second kappa shape index (κ2) is 6.81. The lowest BCUT2D eigenvalue weighted by atomic mass is 10.2. The van der Waals surface area contributed by atoms with E-state index in [1.807, 2.05) is 12.1 Å². The summed E-state index contributed by atoms with van der Waals surface area (Å²) in [4.78, 5) is 0. The number of aryl methyl sites for hydroxylation is 1. The lowest BCUT2D eigenvalue weighted by molar-refractivity contribution is 0.318. The minimum absolute atomic E-state index is 0.576. The van der Waals surface area contributed by atoms with Gasteiger partial charge in [0.2, 0.25) is 5.89 Å². The molecule has 0 aliphatic carbocycles. The van der Waals surface area contributed by atoms with Crippen molar-refractivity contribution in [2.75, 3.05) is 12.4 Å². The first-order valence-corrected chi connectivity index (χ1v) is 6.82. The van der Waals surface area contributed by atoms with Gasteiger partial charge in [-0.2, -0.15) is 5.26 Å². The van der Waals surface area contributed by atoms with Crippen LogP contribution in [-0.4, -0.2) is 22.6 Å². The van der Waals surface area contributed by atoms with E-state index in [2.05, 4.69) is 16.3 Å². The van der Waals surface area contributed by atoms with Crippen LogP contribution < -0.4 is 4.74 Å². The summed E-state index contributed by atoms with van der Waals surface area (Å²) in [6.45, 7) is 2.36. The standard InChI is InChI=1S/C13H13N3O2S/c1-10-15-16-13(18-10)19-7-3-6-17-12-5-2-4-11(8-12)9-14/h2,4-5,8H,3,6-7H2,1H3. The molecule has 0 spiro atoms. The van der Waals surface area contributed by atoms with Crippen LogP contribution in [-0.2, 0) is 0 Å². The van der Waals surface area contributed by atoms with Crippen LogP contribution in [0.1, 0.15) is 17.9 Å². The number of aromatic nitrogens is 2. The molecule has 0 aliphatic heterocycles. The van der Waals surface area contributed by atoms with Gasteiger partial charge >= 0.3 is 0 Å². The first-order chi connectivity index (χ1) is 9.28. The van der Waals surface area contributed by atoms with Crippen LogP contribution in [0.4, 0.5) is 0 Å². The zero-order chi connectivity index (χ0) is 13.5. The van der Waals surface area contributed by atoms with Gasteiger partial charge in [-0.15, -0.1) is 10.2 Å². The van der Waals surface area contributed by atoms with Crippen molar-refractivity contribution >= 4 is 11.8 Å². The Kier molecular flexibility index (Phi) is 4.81. The third-order valence-corrected chi connectivity index (χ3v) is 3.16.